The largest absolute Gasteiger partial charge is 0.400 e. The van der Waals surface area contributed by atoms with Crippen molar-refractivity contribution >= 4 is 45.0 Å². The number of amides is 2. The van der Waals surface area contributed by atoms with Gasteiger partial charge in [0.1, 0.15) is 23.8 Å². The lowest BCUT2D eigenvalue weighted by Crippen LogP contribution is -2.45. The fourth-order valence-corrected chi connectivity index (χ4v) is 4.74. The molecule has 0 aliphatic carbocycles. The lowest BCUT2D eigenvalue weighted by atomic mass is 9.79. The first-order valence-corrected chi connectivity index (χ1v) is 10.7. The highest BCUT2D eigenvalue weighted by atomic mass is 79.9. The Hall–Kier alpha value is -2.37. The summed E-state index contributed by atoms with van der Waals surface area (Å²) in [6.07, 6.45) is -3.30. The van der Waals surface area contributed by atoms with Gasteiger partial charge in [-0.3, -0.25) is 14.4 Å². The minimum atomic E-state index is -4.50. The number of halogens is 5. The molecule has 2 aromatic rings. The Morgan fingerprint density at radius 1 is 1.34 bits per heavy atom. The van der Waals surface area contributed by atoms with E-state index < -0.39 is 29.4 Å². The normalized spacial score (nSPS) is 23.3. The van der Waals surface area contributed by atoms with Gasteiger partial charge in [0.05, 0.1) is 11.9 Å². The maximum Gasteiger partial charge on any atom is 0.400 e. The number of nitrogens with one attached hydrogen (secondary N) is 2. The first kappa shape index (κ1) is 22.8. The highest BCUT2D eigenvalue weighted by Gasteiger charge is 2.59. The van der Waals surface area contributed by atoms with Crippen LogP contribution in [0.15, 0.2) is 41.0 Å². The Morgan fingerprint density at radius 3 is 2.72 bits per heavy atom. The van der Waals surface area contributed by atoms with Gasteiger partial charge in [0.2, 0.25) is 0 Å². The Bertz CT molecular complexity index is 1030. The third-order valence-electron chi connectivity index (χ3n) is 5.62. The van der Waals surface area contributed by atoms with Gasteiger partial charge >= 0.3 is 6.18 Å². The number of pyridine rings is 1. The van der Waals surface area contributed by atoms with Gasteiger partial charge in [0.25, 0.3) is 11.8 Å². The zero-order chi connectivity index (χ0) is 23.1. The molecule has 0 radical (unpaired) electrons. The molecule has 2 unspecified atom stereocenters. The van der Waals surface area contributed by atoms with Crippen molar-refractivity contribution in [2.75, 3.05) is 24.6 Å². The molecule has 1 aromatic heterocycles. The topological polar surface area (TPSA) is 83.6 Å². The number of hydrogen-bond acceptors (Lipinski definition) is 5. The van der Waals surface area contributed by atoms with Crippen molar-refractivity contribution in [3.8, 4) is 0 Å². The fraction of sp³-hybridized carbons (Fsp3) is 0.350. The average molecular weight is 534 g/mol. The van der Waals surface area contributed by atoms with Gasteiger partial charge in [-0.05, 0) is 42.3 Å². The van der Waals surface area contributed by atoms with Crippen LogP contribution in [0.2, 0.25) is 5.02 Å². The van der Waals surface area contributed by atoms with E-state index in [1.54, 1.807) is 4.90 Å². The van der Waals surface area contributed by atoms with Gasteiger partial charge in [-0.15, -0.1) is 0 Å². The van der Waals surface area contributed by atoms with Gasteiger partial charge in [-0.2, -0.15) is 13.2 Å². The lowest BCUT2D eigenvalue weighted by molar-refractivity contribution is -0.184. The Kier molecular flexibility index (Phi) is 6.08. The van der Waals surface area contributed by atoms with E-state index in [4.69, 9.17) is 16.4 Å². The number of benzene rings is 1. The van der Waals surface area contributed by atoms with Crippen LogP contribution in [0.1, 0.15) is 22.5 Å². The van der Waals surface area contributed by atoms with E-state index in [0.29, 0.717) is 10.2 Å². The molecule has 7 nitrogen and oxygen atoms in total. The maximum absolute atomic E-state index is 14.3. The molecule has 1 aromatic carbocycles. The first-order valence-electron chi connectivity index (χ1n) is 9.56. The SMILES string of the molecule is O=C(NC1CONC1=O)c1ccc(N2CCC(c3cc(Cl)cc(Br)c3)(C(F)(F)F)C2)cn1. The third kappa shape index (κ3) is 4.28. The summed E-state index contributed by atoms with van der Waals surface area (Å²) in [6.45, 7) is -0.165. The number of anilines is 1. The number of hydroxylamine groups is 1. The minimum absolute atomic E-state index is 0.00439. The van der Waals surface area contributed by atoms with Gasteiger partial charge in [0.15, 0.2) is 0 Å². The summed E-state index contributed by atoms with van der Waals surface area (Å²) in [6, 6.07) is 6.44. The second-order valence-electron chi connectivity index (χ2n) is 7.61. The van der Waals surface area contributed by atoms with Crippen molar-refractivity contribution in [1.29, 1.82) is 0 Å². The molecule has 0 saturated carbocycles. The Balaban J connectivity index is 1.53. The van der Waals surface area contributed by atoms with Crippen LogP contribution in [0, 0.1) is 0 Å². The second-order valence-corrected chi connectivity index (χ2v) is 8.97. The number of nitrogens with zero attached hydrogens (tertiary/aromatic N) is 2. The van der Waals surface area contributed by atoms with E-state index in [1.807, 2.05) is 0 Å². The Labute approximate surface area is 194 Å². The van der Waals surface area contributed by atoms with Crippen LogP contribution in [0.25, 0.3) is 0 Å². The van der Waals surface area contributed by atoms with Crippen LogP contribution in [0.5, 0.6) is 0 Å². The summed E-state index contributed by atoms with van der Waals surface area (Å²) in [5, 5.41) is 2.70. The van der Waals surface area contributed by atoms with E-state index in [2.05, 4.69) is 31.7 Å². The molecule has 170 valence electrons. The maximum atomic E-state index is 14.3. The highest BCUT2D eigenvalue weighted by Crippen LogP contribution is 2.49. The molecular formula is C20H17BrClF3N4O3. The van der Waals surface area contributed by atoms with E-state index in [0.717, 1.165) is 0 Å². The van der Waals surface area contributed by atoms with Crippen LogP contribution in [0.3, 0.4) is 0 Å². The van der Waals surface area contributed by atoms with E-state index >= 15 is 0 Å². The van der Waals surface area contributed by atoms with Crippen LogP contribution in [-0.2, 0) is 15.0 Å². The summed E-state index contributed by atoms with van der Waals surface area (Å²) in [4.78, 5) is 34.2. The summed E-state index contributed by atoms with van der Waals surface area (Å²) >= 11 is 9.24. The van der Waals surface area contributed by atoms with Crippen LogP contribution >= 0.6 is 27.5 Å². The summed E-state index contributed by atoms with van der Waals surface area (Å²) in [7, 11) is 0. The second kappa shape index (κ2) is 8.53. The smallest absolute Gasteiger partial charge is 0.369 e. The predicted octanol–water partition coefficient (Wildman–Crippen LogP) is 3.37. The van der Waals surface area contributed by atoms with Crippen LogP contribution < -0.4 is 15.7 Å². The van der Waals surface area contributed by atoms with Crippen LogP contribution in [-0.4, -0.2) is 48.7 Å². The number of carbonyl (C=O) groups excluding carboxylic acids is 2. The molecule has 2 fully saturated rings. The van der Waals surface area contributed by atoms with E-state index in [-0.39, 0.29) is 42.4 Å². The zero-order valence-corrected chi connectivity index (χ0v) is 18.7. The number of rotatable bonds is 4. The van der Waals surface area contributed by atoms with Gasteiger partial charge in [-0.1, -0.05) is 27.5 Å². The number of carbonyl (C=O) groups is 2. The molecule has 0 bridgehead atoms. The fourth-order valence-electron chi connectivity index (χ4n) is 3.88. The molecule has 4 rings (SSSR count). The van der Waals surface area contributed by atoms with Crippen molar-refractivity contribution in [3.05, 3.63) is 57.3 Å². The number of alkyl halides is 3. The minimum Gasteiger partial charge on any atom is -0.369 e. The summed E-state index contributed by atoms with van der Waals surface area (Å²) < 4.78 is 43.2. The quantitative estimate of drug-likeness (QED) is 0.630. The molecule has 2 saturated heterocycles. The van der Waals surface area contributed by atoms with Crippen molar-refractivity contribution in [3.63, 3.8) is 0 Å². The van der Waals surface area contributed by atoms with Gasteiger partial charge in [0, 0.05) is 22.6 Å². The summed E-state index contributed by atoms with van der Waals surface area (Å²) in [5.41, 5.74) is 0.619. The summed E-state index contributed by atoms with van der Waals surface area (Å²) in [5.74, 6) is -1.06. The number of hydrogen-bond donors (Lipinski definition) is 2. The molecule has 12 heteroatoms. The molecule has 2 amide bonds. The standard InChI is InChI=1S/C20H17BrClF3N4O3/c21-12-5-11(6-13(22)7-12)19(20(23,24)25)3-4-29(10-19)14-1-2-15(26-8-14)17(30)27-16-9-32-28-18(16)31/h1-2,5-8,16H,3-4,9-10H2,(H,27,30)(H,28,31). The predicted molar refractivity (Wildman–Crippen MR) is 113 cm³/mol. The molecule has 32 heavy (non-hydrogen) atoms. The highest BCUT2D eigenvalue weighted by molar-refractivity contribution is 9.10. The molecular weight excluding hydrogens is 517 g/mol. The van der Waals surface area contributed by atoms with E-state index in [9.17, 15) is 22.8 Å². The van der Waals surface area contributed by atoms with Crippen molar-refractivity contribution in [2.24, 2.45) is 0 Å². The van der Waals surface area contributed by atoms with Crippen molar-refractivity contribution in [1.82, 2.24) is 15.8 Å². The Morgan fingerprint density at radius 2 is 2.12 bits per heavy atom. The van der Waals surface area contributed by atoms with E-state index in [1.165, 1.54) is 36.5 Å². The van der Waals surface area contributed by atoms with Crippen LogP contribution in [0.4, 0.5) is 18.9 Å². The molecule has 2 atom stereocenters. The van der Waals surface area contributed by atoms with Gasteiger partial charge < -0.3 is 10.2 Å². The molecule has 2 aliphatic rings. The lowest BCUT2D eigenvalue weighted by Gasteiger charge is -2.33. The molecule has 2 N–H and O–H groups in total. The van der Waals surface area contributed by atoms with Crippen molar-refractivity contribution in [2.45, 2.75) is 24.1 Å². The molecule has 2 aliphatic heterocycles. The first-order chi connectivity index (χ1) is 15.1. The number of aromatic nitrogens is 1. The monoisotopic (exact) mass is 532 g/mol. The zero-order valence-electron chi connectivity index (χ0n) is 16.4. The van der Waals surface area contributed by atoms with Gasteiger partial charge in [-0.25, -0.2) is 10.5 Å². The van der Waals surface area contributed by atoms with Crippen molar-refractivity contribution < 1.29 is 27.6 Å². The third-order valence-corrected chi connectivity index (χ3v) is 6.29. The molecule has 0 spiro atoms. The average Bonchev–Trinajstić information content (AvgIpc) is 3.35. The molecule has 3 heterocycles.